The summed E-state index contributed by atoms with van der Waals surface area (Å²) in [5.74, 6) is -1.23. The van der Waals surface area contributed by atoms with Crippen LogP contribution in [0.4, 0.5) is 0 Å². The summed E-state index contributed by atoms with van der Waals surface area (Å²) in [6, 6.07) is 13.5. The van der Waals surface area contributed by atoms with Crippen molar-refractivity contribution in [3.63, 3.8) is 0 Å². The molecule has 2 rings (SSSR count). The van der Waals surface area contributed by atoms with Crippen molar-refractivity contribution in [2.24, 2.45) is 17.6 Å². The first kappa shape index (κ1) is 31.5. The Hall–Kier alpha value is -3.72. The summed E-state index contributed by atoms with van der Waals surface area (Å²) in [6.45, 7) is 7.61. The van der Waals surface area contributed by atoms with E-state index in [0.29, 0.717) is 24.2 Å². The number of nitrogens with one attached hydrogen (secondary N) is 2. The SMILES string of the molecule is CC(C)C[C@@H](NC(=O)[C@H](NC(=O)[C@H](Cc1ccccc1)N(C)C)[C@H](Oc1ccc(C=O)cc1)C(C)C)C(N)=O. The van der Waals surface area contributed by atoms with Gasteiger partial charge in [0.05, 0.1) is 6.04 Å². The summed E-state index contributed by atoms with van der Waals surface area (Å²) in [5, 5.41) is 5.66. The average Bonchev–Trinajstić information content (AvgIpc) is 2.88. The number of hydrogen-bond acceptors (Lipinski definition) is 6. The Labute approximate surface area is 231 Å². The first-order valence-corrected chi connectivity index (χ1v) is 13.2. The average molecular weight is 539 g/mol. The minimum absolute atomic E-state index is 0.105. The first-order chi connectivity index (χ1) is 18.4. The molecule has 4 N–H and O–H groups in total. The van der Waals surface area contributed by atoms with E-state index in [4.69, 9.17) is 10.5 Å². The second-order valence-corrected chi connectivity index (χ2v) is 10.8. The summed E-state index contributed by atoms with van der Waals surface area (Å²) in [6.07, 6.45) is 0.734. The van der Waals surface area contributed by atoms with Crippen molar-refractivity contribution < 1.29 is 23.9 Å². The van der Waals surface area contributed by atoms with E-state index in [1.807, 2.05) is 58.0 Å². The molecule has 0 unspecified atom stereocenters. The highest BCUT2D eigenvalue weighted by Gasteiger charge is 2.37. The van der Waals surface area contributed by atoms with Gasteiger partial charge in [-0.15, -0.1) is 0 Å². The van der Waals surface area contributed by atoms with Gasteiger partial charge in [-0.3, -0.25) is 24.1 Å². The topological polar surface area (TPSA) is 131 Å². The molecular formula is C30H42N4O5. The largest absolute Gasteiger partial charge is 0.487 e. The van der Waals surface area contributed by atoms with Crippen LogP contribution in [0.15, 0.2) is 54.6 Å². The van der Waals surface area contributed by atoms with Gasteiger partial charge in [-0.2, -0.15) is 0 Å². The minimum Gasteiger partial charge on any atom is -0.487 e. The maximum atomic E-state index is 13.7. The highest BCUT2D eigenvalue weighted by molar-refractivity contribution is 5.93. The Kier molecular flexibility index (Phi) is 12.1. The number of rotatable bonds is 15. The van der Waals surface area contributed by atoms with Gasteiger partial charge in [0.1, 0.15) is 30.2 Å². The van der Waals surface area contributed by atoms with E-state index in [0.717, 1.165) is 11.8 Å². The lowest BCUT2D eigenvalue weighted by Crippen LogP contribution is -2.61. The Bertz CT molecular complexity index is 1090. The van der Waals surface area contributed by atoms with E-state index < -0.39 is 36.0 Å². The summed E-state index contributed by atoms with van der Waals surface area (Å²) in [4.78, 5) is 52.3. The van der Waals surface area contributed by atoms with E-state index in [9.17, 15) is 19.2 Å². The Morgan fingerprint density at radius 1 is 0.923 bits per heavy atom. The van der Waals surface area contributed by atoms with Crippen LogP contribution >= 0.6 is 0 Å². The highest BCUT2D eigenvalue weighted by atomic mass is 16.5. The standard InChI is InChI=1S/C30H42N4O5/c1-19(2)16-24(28(31)36)32-30(38)26(27(20(3)4)39-23-14-12-22(18-35)13-15-23)33-29(37)25(34(5)6)17-21-10-8-7-9-11-21/h7-15,18-20,24-27H,16-17H2,1-6H3,(H2,31,36)(H,32,38)(H,33,37)/t24-,25+,26-,27-/m1/s1. The molecule has 0 aliphatic rings. The maximum Gasteiger partial charge on any atom is 0.247 e. The third kappa shape index (κ3) is 9.83. The van der Waals surface area contributed by atoms with Crippen LogP contribution in [-0.4, -0.2) is 67.2 Å². The van der Waals surface area contributed by atoms with Crippen molar-refractivity contribution in [2.45, 2.75) is 64.8 Å². The van der Waals surface area contributed by atoms with E-state index in [1.54, 1.807) is 43.3 Å². The molecule has 3 amide bonds. The van der Waals surface area contributed by atoms with Crippen molar-refractivity contribution >= 4 is 24.0 Å². The van der Waals surface area contributed by atoms with Gasteiger partial charge in [0.2, 0.25) is 17.7 Å². The van der Waals surface area contributed by atoms with E-state index in [2.05, 4.69) is 10.6 Å². The fourth-order valence-electron chi connectivity index (χ4n) is 4.24. The lowest BCUT2D eigenvalue weighted by Gasteiger charge is -2.33. The van der Waals surface area contributed by atoms with Gasteiger partial charge < -0.3 is 21.1 Å². The van der Waals surface area contributed by atoms with E-state index >= 15 is 0 Å². The number of nitrogens with two attached hydrogens (primary N) is 1. The number of benzene rings is 2. The maximum absolute atomic E-state index is 13.7. The molecule has 0 spiro atoms. The lowest BCUT2D eigenvalue weighted by atomic mass is 9.96. The van der Waals surface area contributed by atoms with Crippen LogP contribution in [0.5, 0.6) is 5.75 Å². The van der Waals surface area contributed by atoms with Crippen LogP contribution in [0, 0.1) is 11.8 Å². The molecule has 0 fully saturated rings. The van der Waals surface area contributed by atoms with Gasteiger partial charge in [0.15, 0.2) is 0 Å². The molecule has 0 radical (unpaired) electrons. The number of hydrogen-bond donors (Lipinski definition) is 3. The zero-order chi connectivity index (χ0) is 29.1. The second-order valence-electron chi connectivity index (χ2n) is 10.8. The van der Waals surface area contributed by atoms with Crippen molar-refractivity contribution in [2.75, 3.05) is 14.1 Å². The molecular weight excluding hydrogens is 496 g/mol. The zero-order valence-corrected chi connectivity index (χ0v) is 23.7. The molecule has 2 aromatic carbocycles. The Balaban J connectivity index is 2.41. The van der Waals surface area contributed by atoms with Crippen molar-refractivity contribution in [1.29, 1.82) is 0 Å². The molecule has 0 aliphatic heterocycles. The summed E-state index contributed by atoms with van der Waals surface area (Å²) in [7, 11) is 3.61. The first-order valence-electron chi connectivity index (χ1n) is 13.2. The van der Waals surface area contributed by atoms with Crippen LogP contribution in [-0.2, 0) is 20.8 Å². The zero-order valence-electron chi connectivity index (χ0n) is 23.7. The van der Waals surface area contributed by atoms with Crippen LogP contribution < -0.4 is 21.1 Å². The number of nitrogens with zero attached hydrogens (tertiary/aromatic N) is 1. The third-order valence-corrected chi connectivity index (χ3v) is 6.42. The molecule has 0 heterocycles. The van der Waals surface area contributed by atoms with Crippen molar-refractivity contribution in [3.05, 3.63) is 65.7 Å². The molecule has 0 bridgehead atoms. The normalized spacial score (nSPS) is 14.4. The summed E-state index contributed by atoms with van der Waals surface area (Å²) < 4.78 is 6.22. The number of carbonyl (C=O) groups excluding carboxylic acids is 4. The van der Waals surface area contributed by atoms with Crippen molar-refractivity contribution in [3.8, 4) is 5.75 Å². The molecule has 4 atom stereocenters. The fraction of sp³-hybridized carbons (Fsp3) is 0.467. The molecule has 0 saturated heterocycles. The van der Waals surface area contributed by atoms with Crippen LogP contribution in [0.25, 0.3) is 0 Å². The number of ether oxygens (including phenoxy) is 1. The predicted molar refractivity (Wildman–Crippen MR) is 151 cm³/mol. The quantitative estimate of drug-likeness (QED) is 0.299. The van der Waals surface area contributed by atoms with Crippen LogP contribution in [0.2, 0.25) is 0 Å². The smallest absolute Gasteiger partial charge is 0.247 e. The number of aldehydes is 1. The van der Waals surface area contributed by atoms with Gasteiger partial charge in [0, 0.05) is 5.56 Å². The van der Waals surface area contributed by atoms with Gasteiger partial charge in [-0.05, 0) is 68.6 Å². The Morgan fingerprint density at radius 2 is 1.54 bits per heavy atom. The Morgan fingerprint density at radius 3 is 2.03 bits per heavy atom. The molecule has 9 heteroatoms. The molecule has 212 valence electrons. The molecule has 9 nitrogen and oxygen atoms in total. The summed E-state index contributed by atoms with van der Waals surface area (Å²) in [5.41, 5.74) is 7.05. The van der Waals surface area contributed by atoms with E-state index in [1.165, 1.54) is 0 Å². The van der Waals surface area contributed by atoms with Gasteiger partial charge in [-0.25, -0.2) is 0 Å². The minimum atomic E-state index is -1.13. The predicted octanol–water partition coefficient (Wildman–Crippen LogP) is 2.58. The number of carbonyl (C=O) groups is 4. The van der Waals surface area contributed by atoms with Gasteiger partial charge in [0.25, 0.3) is 0 Å². The van der Waals surface area contributed by atoms with Gasteiger partial charge in [-0.1, -0.05) is 58.0 Å². The third-order valence-electron chi connectivity index (χ3n) is 6.42. The molecule has 2 aromatic rings. The molecule has 0 aromatic heterocycles. The number of likely N-dealkylation sites (N-methyl/N-ethyl adjacent to an activating group) is 1. The lowest BCUT2D eigenvalue weighted by molar-refractivity contribution is -0.136. The highest BCUT2D eigenvalue weighted by Crippen LogP contribution is 2.20. The van der Waals surface area contributed by atoms with Gasteiger partial charge >= 0.3 is 0 Å². The van der Waals surface area contributed by atoms with Crippen LogP contribution in [0.3, 0.4) is 0 Å². The fourth-order valence-corrected chi connectivity index (χ4v) is 4.24. The number of amides is 3. The van der Waals surface area contributed by atoms with Crippen LogP contribution in [0.1, 0.15) is 50.0 Å². The summed E-state index contributed by atoms with van der Waals surface area (Å²) >= 11 is 0. The molecule has 39 heavy (non-hydrogen) atoms. The second kappa shape index (κ2) is 15.0. The monoisotopic (exact) mass is 538 g/mol. The molecule has 0 aliphatic carbocycles. The number of primary amides is 1. The van der Waals surface area contributed by atoms with E-state index in [-0.39, 0.29) is 17.7 Å². The molecule has 0 saturated carbocycles. The van der Waals surface area contributed by atoms with Crippen molar-refractivity contribution in [1.82, 2.24) is 15.5 Å².